The second kappa shape index (κ2) is 10.5. The third kappa shape index (κ3) is 5.95. The van der Waals surface area contributed by atoms with Gasteiger partial charge in [-0.05, 0) is 90.0 Å². The molecule has 0 fully saturated rings. The normalized spacial score (nSPS) is 14.2. The van der Waals surface area contributed by atoms with Crippen molar-refractivity contribution in [2.75, 3.05) is 0 Å². The Hall–Kier alpha value is -2.20. The lowest BCUT2D eigenvalue weighted by molar-refractivity contribution is 0.458. The zero-order valence-corrected chi connectivity index (χ0v) is 25.5. The van der Waals surface area contributed by atoms with Crippen molar-refractivity contribution in [2.24, 2.45) is 5.14 Å². The highest BCUT2D eigenvalue weighted by Gasteiger charge is 2.33. The molecule has 9 heteroatoms. The van der Waals surface area contributed by atoms with Crippen molar-refractivity contribution < 1.29 is 13.1 Å². The van der Waals surface area contributed by atoms with Crippen LogP contribution in [0.4, 0.5) is 4.39 Å². The van der Waals surface area contributed by atoms with Crippen LogP contribution in [0.25, 0.3) is 22.2 Å². The molecule has 2 aromatic heterocycles. The largest absolute Gasteiger partial charge is 0.356 e. The van der Waals surface area contributed by atoms with Crippen LogP contribution in [0.5, 0.6) is 0 Å². The number of halogens is 2. The zero-order chi connectivity index (χ0) is 27.1. The SMILES string of the molecule is Cc1ccc2c(-c3ccccc3[C@@H](Cc3nc(Br)cc([Si](C)(C)C)c3F)CC(C)(C)S(N)=O)noc2c1. The van der Waals surface area contributed by atoms with E-state index in [1.165, 1.54) is 0 Å². The highest BCUT2D eigenvalue weighted by Crippen LogP contribution is 2.39. The molecule has 0 aliphatic heterocycles. The maximum atomic E-state index is 15.9. The fourth-order valence-electron chi connectivity index (χ4n) is 4.74. The Morgan fingerprint density at radius 3 is 2.54 bits per heavy atom. The van der Waals surface area contributed by atoms with E-state index in [9.17, 15) is 4.21 Å². The summed E-state index contributed by atoms with van der Waals surface area (Å²) in [5, 5.41) is 12.0. The predicted molar refractivity (Wildman–Crippen MR) is 157 cm³/mol. The Balaban J connectivity index is 1.88. The first-order chi connectivity index (χ1) is 17.3. The van der Waals surface area contributed by atoms with Crippen LogP contribution in [0.2, 0.25) is 19.6 Å². The highest BCUT2D eigenvalue weighted by molar-refractivity contribution is 9.10. The number of fused-ring (bicyclic) bond motifs is 1. The van der Waals surface area contributed by atoms with E-state index in [-0.39, 0.29) is 11.7 Å². The summed E-state index contributed by atoms with van der Waals surface area (Å²) in [5.41, 5.74) is 4.79. The van der Waals surface area contributed by atoms with Crippen LogP contribution in [-0.2, 0) is 17.4 Å². The highest BCUT2D eigenvalue weighted by atomic mass is 79.9. The Bertz CT molecular complexity index is 1480. The van der Waals surface area contributed by atoms with Gasteiger partial charge in [-0.3, -0.25) is 5.14 Å². The molecule has 0 aliphatic rings. The minimum atomic E-state index is -1.96. The van der Waals surface area contributed by atoms with Crippen molar-refractivity contribution in [1.82, 2.24) is 10.1 Å². The first kappa shape index (κ1) is 27.8. The number of rotatable bonds is 8. The molecule has 5 nitrogen and oxygen atoms in total. The Morgan fingerprint density at radius 2 is 1.86 bits per heavy atom. The lowest BCUT2D eigenvalue weighted by atomic mass is 9.82. The molecule has 2 heterocycles. The van der Waals surface area contributed by atoms with Gasteiger partial charge in [0, 0.05) is 10.9 Å². The van der Waals surface area contributed by atoms with E-state index < -0.39 is 23.8 Å². The van der Waals surface area contributed by atoms with E-state index in [0.29, 0.717) is 28.7 Å². The van der Waals surface area contributed by atoms with Crippen molar-refractivity contribution >= 4 is 51.1 Å². The van der Waals surface area contributed by atoms with Crippen molar-refractivity contribution in [3.8, 4) is 11.3 Å². The van der Waals surface area contributed by atoms with E-state index in [0.717, 1.165) is 33.0 Å². The Morgan fingerprint density at radius 1 is 1.16 bits per heavy atom. The molecule has 0 spiro atoms. The number of nitrogens with two attached hydrogens (primary N) is 1. The van der Waals surface area contributed by atoms with Gasteiger partial charge in [0.05, 0.1) is 29.5 Å². The molecular formula is C28H33BrFN3O2SSi. The summed E-state index contributed by atoms with van der Waals surface area (Å²) in [7, 11) is -3.54. The van der Waals surface area contributed by atoms with E-state index >= 15 is 4.39 Å². The maximum absolute atomic E-state index is 15.9. The summed E-state index contributed by atoms with van der Waals surface area (Å²) in [5.74, 6) is -0.472. The average Bonchev–Trinajstić information content (AvgIpc) is 3.22. The lowest BCUT2D eigenvalue weighted by Gasteiger charge is -2.29. The van der Waals surface area contributed by atoms with Crippen LogP contribution in [0.15, 0.2) is 57.7 Å². The van der Waals surface area contributed by atoms with E-state index in [2.05, 4.69) is 45.7 Å². The fraction of sp³-hybridized carbons (Fsp3) is 0.357. The molecular weight excluding hydrogens is 569 g/mol. The molecule has 0 bridgehead atoms. The molecule has 0 saturated carbocycles. The molecule has 2 atom stereocenters. The van der Waals surface area contributed by atoms with E-state index in [1.807, 2.05) is 63.2 Å². The maximum Gasteiger partial charge on any atom is 0.167 e. The molecule has 0 saturated heterocycles. The van der Waals surface area contributed by atoms with Gasteiger partial charge in [0.1, 0.15) is 16.1 Å². The topological polar surface area (TPSA) is 82.0 Å². The summed E-state index contributed by atoms with van der Waals surface area (Å²) in [6.45, 7) is 12.1. The summed E-state index contributed by atoms with van der Waals surface area (Å²) in [6.07, 6.45) is 0.799. The zero-order valence-electron chi connectivity index (χ0n) is 22.1. The first-order valence-electron chi connectivity index (χ1n) is 12.2. The van der Waals surface area contributed by atoms with E-state index in [4.69, 9.17) is 9.66 Å². The number of pyridine rings is 1. The molecule has 37 heavy (non-hydrogen) atoms. The molecule has 4 rings (SSSR count). The summed E-state index contributed by atoms with van der Waals surface area (Å²) in [4.78, 5) is 4.56. The average molecular weight is 603 g/mol. The van der Waals surface area contributed by atoms with Gasteiger partial charge in [0.25, 0.3) is 0 Å². The number of benzene rings is 2. The number of hydrogen-bond donors (Lipinski definition) is 1. The summed E-state index contributed by atoms with van der Waals surface area (Å²) in [6, 6.07) is 15.8. The van der Waals surface area contributed by atoms with Crippen molar-refractivity contribution in [3.63, 3.8) is 0 Å². The lowest BCUT2D eigenvalue weighted by Crippen LogP contribution is -2.41. The Labute approximate surface area is 229 Å². The molecule has 2 N–H and O–H groups in total. The summed E-state index contributed by atoms with van der Waals surface area (Å²) >= 11 is 3.50. The fourth-order valence-corrected chi connectivity index (χ4v) is 7.13. The van der Waals surface area contributed by atoms with Crippen LogP contribution < -0.4 is 10.3 Å². The van der Waals surface area contributed by atoms with Gasteiger partial charge in [0.2, 0.25) is 0 Å². The van der Waals surface area contributed by atoms with Crippen LogP contribution >= 0.6 is 15.9 Å². The van der Waals surface area contributed by atoms with Crippen LogP contribution in [0.3, 0.4) is 0 Å². The standard InChI is InChI=1S/C28H33BrFN3O2SSi/c1-17-11-12-21-23(13-17)35-33-27(21)20-10-8-7-9-19(20)18(16-28(2,3)36(31)34)14-22-26(30)24(37(4,5)6)15-25(29)32-22/h7-13,15,18H,14,16,31H2,1-6H3/t18-,36?/m0/s1. The van der Waals surface area contributed by atoms with E-state index in [1.54, 1.807) is 6.07 Å². The molecule has 0 aliphatic carbocycles. The smallest absolute Gasteiger partial charge is 0.167 e. The van der Waals surface area contributed by atoms with Crippen molar-refractivity contribution in [2.45, 2.75) is 63.9 Å². The van der Waals surface area contributed by atoms with Crippen LogP contribution in [0, 0.1) is 12.7 Å². The third-order valence-electron chi connectivity index (χ3n) is 6.81. The van der Waals surface area contributed by atoms with Gasteiger partial charge in [-0.25, -0.2) is 13.6 Å². The quantitative estimate of drug-likeness (QED) is 0.178. The predicted octanol–water partition coefficient (Wildman–Crippen LogP) is 6.76. The van der Waals surface area contributed by atoms with Gasteiger partial charge in [-0.2, -0.15) is 0 Å². The monoisotopic (exact) mass is 601 g/mol. The van der Waals surface area contributed by atoms with Crippen LogP contribution in [-0.4, -0.2) is 27.2 Å². The minimum Gasteiger partial charge on any atom is -0.356 e. The summed E-state index contributed by atoms with van der Waals surface area (Å²) < 4.78 is 33.9. The van der Waals surface area contributed by atoms with Gasteiger partial charge >= 0.3 is 0 Å². The molecule has 196 valence electrons. The number of aromatic nitrogens is 2. The third-order valence-corrected chi connectivity index (χ3v) is 10.5. The molecule has 0 amide bonds. The second-order valence-electron chi connectivity index (χ2n) is 11.3. The molecule has 4 aromatic rings. The molecule has 1 unspecified atom stereocenters. The number of nitrogens with zero attached hydrogens (tertiary/aromatic N) is 2. The molecule has 0 radical (unpaired) electrons. The molecule has 2 aromatic carbocycles. The van der Waals surface area contributed by atoms with Crippen molar-refractivity contribution in [1.29, 1.82) is 0 Å². The number of aryl methyl sites for hydroxylation is 1. The minimum absolute atomic E-state index is 0.221. The van der Waals surface area contributed by atoms with Gasteiger partial charge < -0.3 is 4.52 Å². The first-order valence-corrected chi connectivity index (χ1v) is 17.8. The van der Waals surface area contributed by atoms with Gasteiger partial charge in [-0.15, -0.1) is 0 Å². The van der Waals surface area contributed by atoms with Gasteiger partial charge in [0.15, 0.2) is 5.58 Å². The van der Waals surface area contributed by atoms with Gasteiger partial charge in [-0.1, -0.05) is 55.1 Å². The van der Waals surface area contributed by atoms with Crippen LogP contribution in [0.1, 0.15) is 43.0 Å². The number of hydrogen-bond acceptors (Lipinski definition) is 4. The van der Waals surface area contributed by atoms with Crippen molar-refractivity contribution in [3.05, 3.63) is 75.8 Å². The second-order valence-corrected chi connectivity index (χ2v) is 18.8. The Kier molecular flexibility index (Phi) is 7.91.